The van der Waals surface area contributed by atoms with Crippen LogP contribution in [0.4, 0.5) is 19.3 Å². The zero-order valence-electron chi connectivity index (χ0n) is 15.8. The lowest BCUT2D eigenvalue weighted by Crippen LogP contribution is -2.46. The zero-order chi connectivity index (χ0) is 21.1. The first-order valence-electron chi connectivity index (χ1n) is 9.31. The quantitative estimate of drug-likeness (QED) is 0.576. The van der Waals surface area contributed by atoms with Gasteiger partial charge in [-0.25, -0.2) is 9.69 Å². The van der Waals surface area contributed by atoms with E-state index >= 15 is 0 Å². The Hall–Kier alpha value is -3.04. The van der Waals surface area contributed by atoms with Crippen LogP contribution in [0.3, 0.4) is 0 Å². The molecule has 2 atom stereocenters. The molecule has 2 fully saturated rings. The average Bonchev–Trinajstić information content (AvgIpc) is 2.87. The van der Waals surface area contributed by atoms with E-state index in [0.717, 1.165) is 24.2 Å². The molecule has 29 heavy (non-hydrogen) atoms. The van der Waals surface area contributed by atoms with Gasteiger partial charge in [-0.3, -0.25) is 19.3 Å². The fourth-order valence-electron chi connectivity index (χ4n) is 3.70. The van der Waals surface area contributed by atoms with Crippen molar-refractivity contribution in [3.8, 4) is 5.75 Å². The van der Waals surface area contributed by atoms with Crippen molar-refractivity contribution in [2.75, 3.05) is 11.9 Å². The first-order chi connectivity index (χ1) is 13.8. The molecule has 1 aromatic rings. The molecule has 1 aliphatic heterocycles. The number of alkyl halides is 2. The second-order valence-corrected chi connectivity index (χ2v) is 7.13. The van der Waals surface area contributed by atoms with Gasteiger partial charge in [-0.15, -0.1) is 0 Å². The number of hydrogen-bond donors (Lipinski definition) is 1. The van der Waals surface area contributed by atoms with E-state index in [1.165, 1.54) is 24.3 Å². The van der Waals surface area contributed by atoms with Gasteiger partial charge >= 0.3 is 24.5 Å². The fraction of sp³-hybridized carbons (Fsp3) is 0.474. The van der Waals surface area contributed by atoms with E-state index in [0.29, 0.717) is 11.3 Å². The Morgan fingerprint density at radius 3 is 2.41 bits per heavy atom. The molecular formula is C19H21F2N3O5. The number of nitrogens with zero attached hydrogens (tertiary/aromatic N) is 2. The Morgan fingerprint density at radius 2 is 1.79 bits per heavy atom. The lowest BCUT2D eigenvalue weighted by atomic mass is 9.85. The Labute approximate surface area is 165 Å². The highest BCUT2D eigenvalue weighted by molar-refractivity contribution is 6.45. The maximum Gasteiger partial charge on any atom is 0.387 e. The summed E-state index contributed by atoms with van der Waals surface area (Å²) in [5, 5.41) is 2.45. The number of rotatable bonds is 6. The van der Waals surface area contributed by atoms with Gasteiger partial charge in [-0.05, 0) is 43.0 Å². The second-order valence-electron chi connectivity index (χ2n) is 7.13. The smallest absolute Gasteiger partial charge is 0.387 e. The second kappa shape index (κ2) is 8.54. The minimum absolute atomic E-state index is 0.0780. The van der Waals surface area contributed by atoms with Crippen LogP contribution in [0.25, 0.3) is 0 Å². The molecule has 0 radical (unpaired) electrons. The van der Waals surface area contributed by atoms with Crippen LogP contribution < -0.4 is 10.1 Å². The average molecular weight is 409 g/mol. The van der Waals surface area contributed by atoms with E-state index in [9.17, 15) is 28.0 Å². The van der Waals surface area contributed by atoms with Crippen LogP contribution >= 0.6 is 0 Å². The molecule has 8 nitrogen and oxygen atoms in total. The predicted octanol–water partition coefficient (Wildman–Crippen LogP) is 2.60. The van der Waals surface area contributed by atoms with Crippen LogP contribution in [-0.2, 0) is 14.4 Å². The number of urea groups is 1. The topological polar surface area (TPSA) is 96.0 Å². The molecule has 0 unspecified atom stereocenters. The van der Waals surface area contributed by atoms with E-state index < -0.39 is 36.9 Å². The standard InChI is InChI=1S/C19H21F2N3O5/c1-11-4-2-3-5-14(11)24-17(27)16(26)23(19(24)28)10-15(25)22-12-6-8-13(9-7-12)29-18(20)21/h6-9,11,14,18H,2-5,10H2,1H3,(H,22,25)/t11-,14+/m0/s1. The van der Waals surface area contributed by atoms with Crippen molar-refractivity contribution >= 4 is 29.4 Å². The number of carbonyl (C=O) groups is 4. The SMILES string of the molecule is C[C@H]1CCCC[C@H]1N1C(=O)C(=O)N(CC(=O)Nc2ccc(OC(F)F)cc2)C1=O. The molecular weight excluding hydrogens is 388 g/mol. The molecule has 0 aromatic heterocycles. The lowest BCUT2D eigenvalue weighted by Gasteiger charge is -2.34. The summed E-state index contributed by atoms with van der Waals surface area (Å²) in [6, 6.07) is 4.03. The molecule has 1 saturated carbocycles. The van der Waals surface area contributed by atoms with Crippen LogP contribution in [0.15, 0.2) is 24.3 Å². The van der Waals surface area contributed by atoms with Crippen molar-refractivity contribution in [1.82, 2.24) is 9.80 Å². The van der Waals surface area contributed by atoms with Gasteiger partial charge in [0.25, 0.3) is 0 Å². The molecule has 1 N–H and O–H groups in total. The maximum absolute atomic E-state index is 12.6. The number of carbonyl (C=O) groups excluding carboxylic acids is 4. The number of hydrogen-bond acceptors (Lipinski definition) is 5. The first kappa shape index (κ1) is 20.7. The molecule has 2 aliphatic rings. The molecule has 1 heterocycles. The van der Waals surface area contributed by atoms with Crippen LogP contribution in [0.5, 0.6) is 5.75 Å². The Morgan fingerprint density at radius 1 is 1.14 bits per heavy atom. The summed E-state index contributed by atoms with van der Waals surface area (Å²) in [5.41, 5.74) is 0.264. The first-order valence-corrected chi connectivity index (χ1v) is 9.31. The van der Waals surface area contributed by atoms with Gasteiger partial charge in [0.2, 0.25) is 5.91 Å². The Bertz CT molecular complexity index is 815. The number of benzene rings is 1. The molecule has 5 amide bonds. The fourth-order valence-corrected chi connectivity index (χ4v) is 3.70. The monoisotopic (exact) mass is 409 g/mol. The number of anilines is 1. The summed E-state index contributed by atoms with van der Waals surface area (Å²) in [4.78, 5) is 51.1. The third kappa shape index (κ3) is 4.52. The highest BCUT2D eigenvalue weighted by Gasteiger charge is 2.49. The van der Waals surface area contributed by atoms with E-state index in [1.54, 1.807) is 0 Å². The number of imide groups is 2. The Kier molecular flexibility index (Phi) is 6.09. The van der Waals surface area contributed by atoms with Gasteiger partial charge < -0.3 is 10.1 Å². The van der Waals surface area contributed by atoms with E-state index in [4.69, 9.17) is 0 Å². The highest BCUT2D eigenvalue weighted by Crippen LogP contribution is 2.31. The largest absolute Gasteiger partial charge is 0.435 e. The molecule has 0 spiro atoms. The maximum atomic E-state index is 12.6. The number of ether oxygens (including phenoxy) is 1. The van der Waals surface area contributed by atoms with Crippen molar-refractivity contribution in [2.45, 2.75) is 45.3 Å². The van der Waals surface area contributed by atoms with Crippen molar-refractivity contribution in [3.63, 3.8) is 0 Å². The summed E-state index contributed by atoms with van der Waals surface area (Å²) in [6.07, 6.45) is 3.38. The van der Waals surface area contributed by atoms with Gasteiger partial charge in [0, 0.05) is 11.7 Å². The summed E-state index contributed by atoms with van der Waals surface area (Å²) in [6.45, 7) is -1.64. The molecule has 0 bridgehead atoms. The van der Waals surface area contributed by atoms with Crippen molar-refractivity contribution in [2.24, 2.45) is 5.92 Å². The summed E-state index contributed by atoms with van der Waals surface area (Å²) >= 11 is 0. The number of halogens is 2. The van der Waals surface area contributed by atoms with E-state index in [-0.39, 0.29) is 23.4 Å². The number of nitrogens with one attached hydrogen (secondary N) is 1. The highest BCUT2D eigenvalue weighted by atomic mass is 19.3. The minimum atomic E-state index is -2.96. The zero-order valence-corrected chi connectivity index (χ0v) is 15.8. The van der Waals surface area contributed by atoms with Gasteiger partial charge in [-0.2, -0.15) is 8.78 Å². The van der Waals surface area contributed by atoms with Crippen molar-refractivity contribution < 1.29 is 32.7 Å². The van der Waals surface area contributed by atoms with Crippen molar-refractivity contribution in [3.05, 3.63) is 24.3 Å². The predicted molar refractivity (Wildman–Crippen MR) is 97.1 cm³/mol. The summed E-state index contributed by atoms with van der Waals surface area (Å²) < 4.78 is 28.5. The lowest BCUT2D eigenvalue weighted by molar-refractivity contribution is -0.145. The van der Waals surface area contributed by atoms with Gasteiger partial charge in [0.1, 0.15) is 12.3 Å². The van der Waals surface area contributed by atoms with E-state index in [2.05, 4.69) is 10.1 Å². The molecule has 1 aromatic carbocycles. The van der Waals surface area contributed by atoms with Gasteiger partial charge in [0.15, 0.2) is 0 Å². The number of amides is 5. The third-order valence-corrected chi connectivity index (χ3v) is 5.15. The summed E-state index contributed by atoms with van der Waals surface area (Å²) in [7, 11) is 0. The molecule has 1 aliphatic carbocycles. The van der Waals surface area contributed by atoms with Crippen LogP contribution in [0.1, 0.15) is 32.6 Å². The van der Waals surface area contributed by atoms with Gasteiger partial charge in [-0.1, -0.05) is 19.8 Å². The normalized spacial score (nSPS) is 22.4. The molecule has 10 heteroatoms. The van der Waals surface area contributed by atoms with Crippen LogP contribution in [-0.4, -0.2) is 52.8 Å². The molecule has 1 saturated heterocycles. The minimum Gasteiger partial charge on any atom is -0.435 e. The molecule has 156 valence electrons. The summed E-state index contributed by atoms with van der Waals surface area (Å²) in [5.74, 6) is -2.61. The van der Waals surface area contributed by atoms with Crippen LogP contribution in [0, 0.1) is 5.92 Å². The third-order valence-electron chi connectivity index (χ3n) is 5.15. The van der Waals surface area contributed by atoms with Gasteiger partial charge in [0.05, 0.1) is 0 Å². The van der Waals surface area contributed by atoms with Crippen molar-refractivity contribution in [1.29, 1.82) is 0 Å². The Balaban J connectivity index is 1.63. The van der Waals surface area contributed by atoms with E-state index in [1.807, 2.05) is 6.92 Å². The molecule has 3 rings (SSSR count). The van der Waals surface area contributed by atoms with Crippen LogP contribution in [0.2, 0.25) is 0 Å².